The highest BCUT2D eigenvalue weighted by atomic mass is 16.5. The van der Waals surface area contributed by atoms with Crippen molar-refractivity contribution in [2.75, 3.05) is 117 Å². The van der Waals surface area contributed by atoms with Crippen molar-refractivity contribution in [3.63, 3.8) is 0 Å². The Morgan fingerprint density at radius 3 is 1.81 bits per heavy atom. The number of carbonyl (C=O) groups is 5. The zero-order valence-corrected chi connectivity index (χ0v) is 41.3. The summed E-state index contributed by atoms with van der Waals surface area (Å²) in [5.74, 6) is -1.67. The van der Waals surface area contributed by atoms with Crippen LogP contribution in [0.25, 0.3) is 23.0 Å². The number of pyridine rings is 2. The molecular formula is C48H73N13O9. The zero-order valence-electron chi connectivity index (χ0n) is 41.3. The molecule has 3 amide bonds. The largest absolute Gasteiger partial charge is 0.480 e. The van der Waals surface area contributed by atoms with Gasteiger partial charge in [0.05, 0.1) is 43.7 Å². The van der Waals surface area contributed by atoms with Crippen molar-refractivity contribution in [3.05, 3.63) is 54.9 Å². The molecule has 4 heterocycles. The van der Waals surface area contributed by atoms with Crippen LogP contribution in [-0.2, 0) is 33.4 Å². The average Bonchev–Trinajstić information content (AvgIpc) is 3.32. The van der Waals surface area contributed by atoms with E-state index in [-0.39, 0.29) is 61.9 Å². The van der Waals surface area contributed by atoms with Gasteiger partial charge in [-0.05, 0) is 69.7 Å². The van der Waals surface area contributed by atoms with Crippen molar-refractivity contribution in [2.45, 2.75) is 71.8 Å². The first kappa shape index (κ1) is 56.7. The van der Waals surface area contributed by atoms with Gasteiger partial charge in [0.15, 0.2) is 0 Å². The molecule has 4 rings (SSSR count). The fourth-order valence-electron chi connectivity index (χ4n) is 7.27. The van der Waals surface area contributed by atoms with Gasteiger partial charge in [0, 0.05) is 104 Å². The number of carbonyl (C=O) groups excluding carboxylic acids is 3. The van der Waals surface area contributed by atoms with Gasteiger partial charge in [0.2, 0.25) is 29.4 Å². The molecule has 22 nitrogen and oxygen atoms in total. The van der Waals surface area contributed by atoms with Crippen molar-refractivity contribution < 1.29 is 43.7 Å². The minimum Gasteiger partial charge on any atom is -0.480 e. The quantitative estimate of drug-likeness (QED) is 0.0516. The predicted octanol–water partition coefficient (Wildman–Crippen LogP) is 2.32. The van der Waals surface area contributed by atoms with Gasteiger partial charge >= 0.3 is 11.9 Å². The zero-order chi connectivity index (χ0) is 50.7. The summed E-state index contributed by atoms with van der Waals surface area (Å²) >= 11 is 0. The fraction of sp³-hybridized carbons (Fsp3) is 0.604. The Hall–Kier alpha value is -5.91. The van der Waals surface area contributed by atoms with Gasteiger partial charge in [-0.25, -0.2) is 0 Å². The number of hydrogen-bond acceptors (Lipinski definition) is 17. The highest BCUT2D eigenvalue weighted by Gasteiger charge is 2.22. The Labute approximate surface area is 411 Å². The van der Waals surface area contributed by atoms with Crippen LogP contribution in [0.5, 0.6) is 0 Å². The third-order valence-corrected chi connectivity index (χ3v) is 11.5. The van der Waals surface area contributed by atoms with Gasteiger partial charge in [-0.3, -0.25) is 53.5 Å². The molecule has 5 N–H and O–H groups in total. The highest BCUT2D eigenvalue weighted by molar-refractivity contribution is 5.91. The summed E-state index contributed by atoms with van der Waals surface area (Å²) in [5, 5.41) is 44.0. The van der Waals surface area contributed by atoms with Gasteiger partial charge in [-0.15, -0.1) is 20.4 Å². The molecule has 3 aromatic heterocycles. The molecule has 22 heteroatoms. The van der Waals surface area contributed by atoms with Crippen molar-refractivity contribution in [1.29, 1.82) is 0 Å². The van der Waals surface area contributed by atoms with E-state index in [1.165, 1.54) is 6.20 Å². The monoisotopic (exact) mass is 976 g/mol. The number of rotatable bonds is 28. The first-order chi connectivity index (χ1) is 33.6. The molecular weight excluding hydrogens is 903 g/mol. The van der Waals surface area contributed by atoms with Crippen molar-refractivity contribution >= 4 is 35.3 Å². The minimum absolute atomic E-state index is 0.106. The first-order valence-corrected chi connectivity index (χ1v) is 24.1. The second kappa shape index (κ2) is 30.6. The van der Waals surface area contributed by atoms with Gasteiger partial charge in [0.25, 0.3) is 0 Å². The summed E-state index contributed by atoms with van der Waals surface area (Å²) in [6, 6.07) is 8.70. The third kappa shape index (κ3) is 23.1. The number of carboxylic acids is 2. The molecule has 1 fully saturated rings. The molecule has 1 saturated heterocycles. The van der Waals surface area contributed by atoms with Gasteiger partial charge in [0.1, 0.15) is 11.4 Å². The maximum atomic E-state index is 13.2. The summed E-state index contributed by atoms with van der Waals surface area (Å²) in [5.41, 5.74) is 2.08. The number of hydrogen-bond donors (Lipinski definition) is 5. The van der Waals surface area contributed by atoms with Crippen LogP contribution >= 0.6 is 0 Å². The lowest BCUT2D eigenvalue weighted by Crippen LogP contribution is -2.49. The van der Waals surface area contributed by atoms with E-state index in [0.29, 0.717) is 128 Å². The number of anilines is 1. The van der Waals surface area contributed by atoms with Crippen molar-refractivity contribution in [3.8, 4) is 23.0 Å². The second-order valence-electron chi connectivity index (χ2n) is 18.1. The van der Waals surface area contributed by atoms with E-state index in [2.05, 4.69) is 76.5 Å². The van der Waals surface area contributed by atoms with Crippen LogP contribution in [0, 0.1) is 5.92 Å². The molecule has 0 radical (unpaired) electrons. The molecule has 384 valence electrons. The Bertz CT molecular complexity index is 2080. The standard InChI is InChI=1S/C48H73N13O9/c1-6-36(2)31-58-20-22-59(23-25-61(34-45(67)68)27-26-60(24-21-58)33-44(65)66)32-43(64)50-18-15-37(3)35-69-28-16-48(4,5)70-29-19-51-41(62)11-9-12-42(63)53-38-13-14-40(52-30-38)47-56-54-46(55-57-47)39-10-7-8-17-49-39/h7-8,10,13-14,17,30,37H,2,6,9,11-12,15-16,18-29,31-35H2,1,3-5H3,(H,50,64)(H,51,62)(H,53,63)(H,65,66)(H,67,68). The molecule has 0 spiro atoms. The van der Waals surface area contributed by atoms with Gasteiger partial charge in [-0.2, -0.15) is 0 Å². The van der Waals surface area contributed by atoms with Crippen LogP contribution in [-0.4, -0.2) is 207 Å². The molecule has 0 bridgehead atoms. The Morgan fingerprint density at radius 2 is 1.27 bits per heavy atom. The lowest BCUT2D eigenvalue weighted by atomic mass is 10.1. The SMILES string of the molecule is C=C(CC)CN1CCN(CC(=O)O)CCN(CC(=O)O)CCN(CC(=O)NCCC(C)COCCC(C)(C)OCCNC(=O)CCCC(=O)Nc2ccc(-c3nnc(-c4ccccn4)nn3)nc2)CC1. The molecule has 0 saturated carbocycles. The molecule has 3 aromatic rings. The third-order valence-electron chi connectivity index (χ3n) is 11.5. The maximum absolute atomic E-state index is 13.2. The van der Waals surface area contributed by atoms with Crippen molar-refractivity contribution in [2.24, 2.45) is 5.92 Å². The molecule has 0 aliphatic carbocycles. The summed E-state index contributed by atoms with van der Waals surface area (Å²) in [6.45, 7) is 19.1. The van der Waals surface area contributed by atoms with E-state index in [0.717, 1.165) is 18.4 Å². The summed E-state index contributed by atoms with van der Waals surface area (Å²) in [6.07, 6.45) is 6.04. The normalized spacial score (nSPS) is 15.3. The molecule has 1 unspecified atom stereocenters. The van der Waals surface area contributed by atoms with Crippen LogP contribution in [0.4, 0.5) is 5.69 Å². The maximum Gasteiger partial charge on any atom is 0.317 e. The van der Waals surface area contributed by atoms with E-state index < -0.39 is 17.5 Å². The number of ether oxygens (including phenoxy) is 2. The van der Waals surface area contributed by atoms with E-state index in [1.807, 2.05) is 24.8 Å². The smallest absolute Gasteiger partial charge is 0.317 e. The van der Waals surface area contributed by atoms with E-state index >= 15 is 0 Å². The lowest BCUT2D eigenvalue weighted by Gasteiger charge is -2.33. The summed E-state index contributed by atoms with van der Waals surface area (Å²) in [4.78, 5) is 77.7. The Balaban J connectivity index is 1.05. The number of nitrogens with one attached hydrogen (secondary N) is 3. The molecule has 1 aliphatic rings. The second-order valence-corrected chi connectivity index (χ2v) is 18.1. The average molecular weight is 976 g/mol. The lowest BCUT2D eigenvalue weighted by molar-refractivity contribution is -0.140. The van der Waals surface area contributed by atoms with Crippen LogP contribution in [0.3, 0.4) is 0 Å². The van der Waals surface area contributed by atoms with Crippen LogP contribution in [0.15, 0.2) is 54.9 Å². The Kier molecular flexibility index (Phi) is 24.8. The van der Waals surface area contributed by atoms with Crippen LogP contribution in [0.2, 0.25) is 0 Å². The number of aromatic nitrogens is 6. The summed E-state index contributed by atoms with van der Waals surface area (Å²) in [7, 11) is 0. The number of amides is 3. The number of carboxylic acid groups (broad SMARTS) is 2. The molecule has 70 heavy (non-hydrogen) atoms. The van der Waals surface area contributed by atoms with Crippen molar-refractivity contribution in [1.82, 2.24) is 60.6 Å². The first-order valence-electron chi connectivity index (χ1n) is 24.1. The predicted molar refractivity (Wildman–Crippen MR) is 262 cm³/mol. The van der Waals surface area contributed by atoms with Gasteiger partial charge < -0.3 is 35.6 Å². The van der Waals surface area contributed by atoms with E-state index in [4.69, 9.17) is 9.47 Å². The summed E-state index contributed by atoms with van der Waals surface area (Å²) < 4.78 is 12.0. The van der Waals surface area contributed by atoms with E-state index in [1.54, 1.807) is 35.4 Å². The Morgan fingerprint density at radius 1 is 0.714 bits per heavy atom. The van der Waals surface area contributed by atoms with Crippen LogP contribution in [0.1, 0.15) is 66.2 Å². The van der Waals surface area contributed by atoms with E-state index in [9.17, 15) is 34.2 Å². The molecule has 0 aromatic carbocycles. The fourth-order valence-corrected chi connectivity index (χ4v) is 7.27. The number of nitrogens with zero attached hydrogens (tertiary/aromatic N) is 10. The minimum atomic E-state index is -0.957. The molecule has 1 atom stereocenters. The highest BCUT2D eigenvalue weighted by Crippen LogP contribution is 2.17. The van der Waals surface area contributed by atoms with Crippen LogP contribution < -0.4 is 16.0 Å². The molecule has 1 aliphatic heterocycles. The topological polar surface area (TPSA) is 271 Å². The number of aliphatic carboxylic acids is 2. The van der Waals surface area contributed by atoms with Gasteiger partial charge in [-0.1, -0.05) is 32.1 Å².